The van der Waals surface area contributed by atoms with Gasteiger partial charge in [0.05, 0.1) is 0 Å². The van der Waals surface area contributed by atoms with E-state index in [0.717, 1.165) is 36.9 Å². The lowest BCUT2D eigenvalue weighted by molar-refractivity contribution is 0.366. The third-order valence-electron chi connectivity index (χ3n) is 3.67. The fourth-order valence-corrected chi connectivity index (χ4v) is 3.39. The number of piperidine rings is 1. The Morgan fingerprint density at radius 2 is 2.15 bits per heavy atom. The summed E-state index contributed by atoms with van der Waals surface area (Å²) in [5.41, 5.74) is 0.178. The molecule has 1 atom stereocenters. The number of aromatic nitrogens is 2. The van der Waals surface area contributed by atoms with E-state index in [-0.39, 0.29) is 5.54 Å². The summed E-state index contributed by atoms with van der Waals surface area (Å²) in [6.45, 7) is 11.0. The van der Waals surface area contributed by atoms with E-state index in [1.807, 2.05) is 0 Å². The lowest BCUT2D eigenvalue weighted by atomic mass is 10.0. The van der Waals surface area contributed by atoms with Gasteiger partial charge < -0.3 is 10.2 Å². The minimum Gasteiger partial charge on any atom is -0.343 e. The van der Waals surface area contributed by atoms with Gasteiger partial charge in [0.1, 0.15) is 5.82 Å². The Labute approximate surface area is 127 Å². The van der Waals surface area contributed by atoms with Crippen molar-refractivity contribution in [2.24, 2.45) is 0 Å². The van der Waals surface area contributed by atoms with Crippen LogP contribution >= 0.6 is 11.5 Å². The van der Waals surface area contributed by atoms with Gasteiger partial charge >= 0.3 is 0 Å². The molecule has 0 saturated carbocycles. The number of anilines is 1. The molecule has 0 spiro atoms. The van der Waals surface area contributed by atoms with E-state index in [9.17, 15) is 0 Å². The van der Waals surface area contributed by atoms with Crippen molar-refractivity contribution in [2.45, 2.75) is 71.4 Å². The number of nitrogens with zero attached hydrogens (tertiary/aromatic N) is 3. The Hall–Kier alpha value is -0.680. The molecule has 5 heteroatoms. The van der Waals surface area contributed by atoms with Crippen LogP contribution in [0.5, 0.6) is 0 Å². The predicted octanol–water partition coefficient (Wildman–Crippen LogP) is 3.24. The van der Waals surface area contributed by atoms with Crippen molar-refractivity contribution in [1.29, 1.82) is 0 Å². The van der Waals surface area contributed by atoms with Crippen LogP contribution in [0.4, 0.5) is 5.13 Å². The standard InChI is InChI=1S/C15H28N4S/c1-5-8-13-17-14(20-18-13)19-10-7-6-9-12(19)11-16-15(2,3)4/h12,16H,5-11H2,1-4H3. The van der Waals surface area contributed by atoms with Crippen molar-refractivity contribution in [3.05, 3.63) is 5.82 Å². The molecule has 0 bridgehead atoms. The molecule has 114 valence electrons. The van der Waals surface area contributed by atoms with Gasteiger partial charge in [0, 0.05) is 42.6 Å². The summed E-state index contributed by atoms with van der Waals surface area (Å²) in [5.74, 6) is 1.01. The molecule has 1 N–H and O–H groups in total. The second-order valence-electron chi connectivity index (χ2n) is 6.72. The molecule has 2 rings (SSSR count). The van der Waals surface area contributed by atoms with Gasteiger partial charge in [-0.2, -0.15) is 4.37 Å². The summed E-state index contributed by atoms with van der Waals surface area (Å²) in [5, 5.41) is 4.76. The molecule has 4 nitrogen and oxygen atoms in total. The lowest BCUT2D eigenvalue weighted by Gasteiger charge is -2.37. The largest absolute Gasteiger partial charge is 0.343 e. The van der Waals surface area contributed by atoms with Crippen LogP contribution in [0.2, 0.25) is 0 Å². The van der Waals surface area contributed by atoms with Crippen LogP contribution in [0.25, 0.3) is 0 Å². The first-order valence-electron chi connectivity index (χ1n) is 7.84. The number of hydrogen-bond donors (Lipinski definition) is 1. The average Bonchev–Trinajstić information content (AvgIpc) is 2.85. The van der Waals surface area contributed by atoms with Crippen LogP contribution in [0.1, 0.15) is 59.2 Å². The maximum atomic E-state index is 4.72. The highest BCUT2D eigenvalue weighted by atomic mass is 32.1. The summed E-state index contributed by atoms with van der Waals surface area (Å²) >= 11 is 1.57. The Kier molecular flexibility index (Phi) is 5.38. The minimum atomic E-state index is 0.178. The first-order valence-corrected chi connectivity index (χ1v) is 8.61. The van der Waals surface area contributed by atoms with Gasteiger partial charge in [-0.15, -0.1) is 0 Å². The number of nitrogens with one attached hydrogen (secondary N) is 1. The third kappa shape index (κ3) is 4.42. The summed E-state index contributed by atoms with van der Waals surface area (Å²) in [6.07, 6.45) is 5.97. The van der Waals surface area contributed by atoms with E-state index in [0.29, 0.717) is 6.04 Å². The zero-order valence-corrected chi connectivity index (χ0v) is 14.1. The molecule has 1 fully saturated rings. The smallest absolute Gasteiger partial charge is 0.205 e. The molecule has 1 aliphatic heterocycles. The lowest BCUT2D eigenvalue weighted by Crippen LogP contribution is -2.49. The molecule has 0 aliphatic carbocycles. The van der Waals surface area contributed by atoms with Crippen molar-refractivity contribution in [2.75, 3.05) is 18.0 Å². The van der Waals surface area contributed by atoms with Crippen molar-refractivity contribution in [3.63, 3.8) is 0 Å². The predicted molar refractivity (Wildman–Crippen MR) is 86.6 cm³/mol. The van der Waals surface area contributed by atoms with Gasteiger partial charge in [-0.25, -0.2) is 4.98 Å². The second-order valence-corrected chi connectivity index (χ2v) is 7.45. The van der Waals surface area contributed by atoms with E-state index in [2.05, 4.69) is 42.3 Å². The van der Waals surface area contributed by atoms with Crippen LogP contribution in [0.15, 0.2) is 0 Å². The summed E-state index contributed by atoms with van der Waals surface area (Å²) in [4.78, 5) is 7.20. The van der Waals surface area contributed by atoms with Crippen molar-refractivity contribution >= 4 is 16.7 Å². The molecule has 0 radical (unpaired) electrons. The van der Waals surface area contributed by atoms with E-state index in [1.165, 1.54) is 19.3 Å². The topological polar surface area (TPSA) is 41.1 Å². The Bertz CT molecular complexity index is 410. The molecule has 0 aromatic carbocycles. The van der Waals surface area contributed by atoms with E-state index in [1.54, 1.807) is 11.5 Å². The first kappa shape index (κ1) is 15.7. The van der Waals surface area contributed by atoms with Crippen molar-refractivity contribution in [1.82, 2.24) is 14.7 Å². The summed E-state index contributed by atoms with van der Waals surface area (Å²) in [7, 11) is 0. The monoisotopic (exact) mass is 296 g/mol. The Balaban J connectivity index is 2.01. The zero-order valence-electron chi connectivity index (χ0n) is 13.3. The molecule has 0 amide bonds. The first-order chi connectivity index (χ1) is 9.49. The molecule has 20 heavy (non-hydrogen) atoms. The SMILES string of the molecule is CCCc1nsc(N2CCCCC2CNC(C)(C)C)n1. The van der Waals surface area contributed by atoms with Gasteiger partial charge in [-0.1, -0.05) is 6.92 Å². The van der Waals surface area contributed by atoms with E-state index < -0.39 is 0 Å². The Morgan fingerprint density at radius 1 is 1.35 bits per heavy atom. The molecule has 1 aromatic heterocycles. The van der Waals surface area contributed by atoms with Crippen LogP contribution in [0, 0.1) is 0 Å². The highest BCUT2D eigenvalue weighted by Gasteiger charge is 2.26. The van der Waals surface area contributed by atoms with Gasteiger partial charge in [-0.3, -0.25) is 0 Å². The van der Waals surface area contributed by atoms with Crippen LogP contribution in [0.3, 0.4) is 0 Å². The van der Waals surface area contributed by atoms with Gasteiger partial charge in [0.2, 0.25) is 5.13 Å². The fourth-order valence-electron chi connectivity index (χ4n) is 2.58. The molecule has 1 unspecified atom stereocenters. The normalized spacial score (nSPS) is 20.4. The molecule has 2 heterocycles. The zero-order chi connectivity index (χ0) is 14.6. The minimum absolute atomic E-state index is 0.178. The van der Waals surface area contributed by atoms with Crippen molar-refractivity contribution < 1.29 is 0 Å². The fraction of sp³-hybridized carbons (Fsp3) is 0.867. The van der Waals surface area contributed by atoms with Crippen LogP contribution < -0.4 is 10.2 Å². The van der Waals surface area contributed by atoms with Gasteiger partial charge in [-0.05, 0) is 46.5 Å². The second kappa shape index (κ2) is 6.85. The van der Waals surface area contributed by atoms with E-state index in [4.69, 9.17) is 4.98 Å². The maximum Gasteiger partial charge on any atom is 0.205 e. The highest BCUT2D eigenvalue weighted by molar-refractivity contribution is 7.09. The Morgan fingerprint density at radius 3 is 2.85 bits per heavy atom. The molecule has 1 saturated heterocycles. The highest BCUT2D eigenvalue weighted by Crippen LogP contribution is 2.26. The summed E-state index contributed by atoms with van der Waals surface area (Å²) < 4.78 is 4.49. The molecule has 1 aliphatic rings. The van der Waals surface area contributed by atoms with Gasteiger partial charge in [0.15, 0.2) is 0 Å². The van der Waals surface area contributed by atoms with Gasteiger partial charge in [0.25, 0.3) is 0 Å². The maximum absolute atomic E-state index is 4.72. The molecular weight excluding hydrogens is 268 g/mol. The average molecular weight is 296 g/mol. The molecule has 1 aromatic rings. The number of rotatable bonds is 5. The van der Waals surface area contributed by atoms with E-state index >= 15 is 0 Å². The van der Waals surface area contributed by atoms with Crippen LogP contribution in [-0.4, -0.2) is 34.0 Å². The van der Waals surface area contributed by atoms with Crippen molar-refractivity contribution in [3.8, 4) is 0 Å². The number of aryl methyl sites for hydroxylation is 1. The quantitative estimate of drug-likeness (QED) is 0.905. The van der Waals surface area contributed by atoms with Crippen LogP contribution in [-0.2, 0) is 6.42 Å². The molecular formula is C15H28N4S. The summed E-state index contributed by atoms with van der Waals surface area (Å²) in [6, 6.07) is 0.561. The third-order valence-corrected chi connectivity index (χ3v) is 4.46. The number of hydrogen-bond acceptors (Lipinski definition) is 5.